The Balaban J connectivity index is 1.73. The summed E-state index contributed by atoms with van der Waals surface area (Å²) in [4.78, 5) is 14.9. The first-order valence-corrected chi connectivity index (χ1v) is 11.3. The van der Waals surface area contributed by atoms with Gasteiger partial charge in [0.25, 0.3) is 0 Å². The van der Waals surface area contributed by atoms with Crippen LogP contribution in [0.4, 0.5) is 0 Å². The Bertz CT molecular complexity index is 991. The second kappa shape index (κ2) is 9.21. The normalized spacial score (nSPS) is 16.2. The molecule has 1 amide bonds. The monoisotopic (exact) mass is 411 g/mol. The molecule has 0 radical (unpaired) electrons. The van der Waals surface area contributed by atoms with Crippen molar-refractivity contribution in [3.63, 3.8) is 0 Å². The summed E-state index contributed by atoms with van der Waals surface area (Å²) in [6.45, 7) is 3.20. The molecular weight excluding hydrogens is 386 g/mol. The molecule has 2 aromatic rings. The molecule has 1 atom stereocenters. The van der Waals surface area contributed by atoms with Crippen LogP contribution in [-0.2, 0) is 14.8 Å². The number of carbonyl (C=O) groups excluding carboxylic acids is 1. The summed E-state index contributed by atoms with van der Waals surface area (Å²) in [6.07, 6.45) is 1.65. The van der Waals surface area contributed by atoms with E-state index in [0.717, 1.165) is 18.4 Å². The summed E-state index contributed by atoms with van der Waals surface area (Å²) < 4.78 is 27.3. The zero-order valence-electron chi connectivity index (χ0n) is 16.5. The zero-order chi connectivity index (χ0) is 20.9. The molecule has 0 spiro atoms. The largest absolute Gasteiger partial charge is 0.340 e. The van der Waals surface area contributed by atoms with E-state index < -0.39 is 10.0 Å². The molecule has 6 nitrogen and oxygen atoms in total. The molecule has 0 bridgehead atoms. The number of amides is 1. The van der Waals surface area contributed by atoms with E-state index in [-0.39, 0.29) is 35.4 Å². The smallest absolute Gasteiger partial charge is 0.244 e. The Morgan fingerprint density at radius 1 is 1.03 bits per heavy atom. The Labute approximate surface area is 172 Å². The van der Waals surface area contributed by atoms with Gasteiger partial charge in [-0.3, -0.25) is 4.79 Å². The zero-order valence-corrected chi connectivity index (χ0v) is 17.3. The molecule has 0 aromatic heterocycles. The third-order valence-corrected chi connectivity index (χ3v) is 7.21. The highest BCUT2D eigenvalue weighted by molar-refractivity contribution is 7.89. The number of carbonyl (C=O) groups is 1. The maximum Gasteiger partial charge on any atom is 0.244 e. The van der Waals surface area contributed by atoms with Crippen LogP contribution in [0.3, 0.4) is 0 Å². The van der Waals surface area contributed by atoms with Gasteiger partial charge in [0.2, 0.25) is 15.9 Å². The van der Waals surface area contributed by atoms with Crippen LogP contribution < -0.4 is 0 Å². The number of piperazine rings is 1. The van der Waals surface area contributed by atoms with Gasteiger partial charge in [0.1, 0.15) is 6.07 Å². The summed E-state index contributed by atoms with van der Waals surface area (Å²) in [5.74, 6) is -0.156. The van der Waals surface area contributed by atoms with E-state index >= 15 is 0 Å². The molecular formula is C22H25N3O3S. The molecule has 2 aromatic carbocycles. The average molecular weight is 412 g/mol. The molecule has 0 saturated carbocycles. The van der Waals surface area contributed by atoms with Gasteiger partial charge in [-0.25, -0.2) is 8.42 Å². The average Bonchev–Trinajstić information content (AvgIpc) is 2.77. The number of nitriles is 1. The molecule has 3 rings (SSSR count). The Morgan fingerprint density at radius 3 is 2.28 bits per heavy atom. The topological polar surface area (TPSA) is 81.5 Å². The van der Waals surface area contributed by atoms with E-state index in [1.807, 2.05) is 36.4 Å². The van der Waals surface area contributed by atoms with Crippen molar-refractivity contribution in [1.82, 2.24) is 9.21 Å². The summed E-state index contributed by atoms with van der Waals surface area (Å²) in [7, 11) is -3.76. The highest BCUT2D eigenvalue weighted by Crippen LogP contribution is 2.26. The van der Waals surface area contributed by atoms with Crippen LogP contribution in [0.5, 0.6) is 0 Å². The Morgan fingerprint density at radius 2 is 1.66 bits per heavy atom. The van der Waals surface area contributed by atoms with Crippen LogP contribution in [0.1, 0.15) is 36.8 Å². The van der Waals surface area contributed by atoms with Crippen LogP contribution >= 0.6 is 0 Å². The van der Waals surface area contributed by atoms with Crippen LogP contribution in [-0.4, -0.2) is 49.7 Å². The summed E-state index contributed by atoms with van der Waals surface area (Å²) in [6, 6.07) is 17.9. The SMILES string of the molecule is CCC[C@@H](C(=O)N1CCN(S(=O)(=O)c2ccccc2C#N)CC1)c1ccccc1. The molecule has 0 N–H and O–H groups in total. The van der Waals surface area contributed by atoms with Gasteiger partial charge in [-0.1, -0.05) is 55.8 Å². The third-order valence-electron chi connectivity index (χ3n) is 5.25. The number of hydrogen-bond acceptors (Lipinski definition) is 4. The standard InChI is InChI=1S/C22H25N3O3S/c1-2-8-20(18-9-4-3-5-10-18)22(26)24-13-15-25(16-14-24)29(27,28)21-12-7-6-11-19(21)17-23/h3-7,9-12,20H,2,8,13-16H2,1H3/t20-/m1/s1. The molecule has 29 heavy (non-hydrogen) atoms. The van der Waals surface area contributed by atoms with Crippen LogP contribution in [0.15, 0.2) is 59.5 Å². The van der Waals surface area contributed by atoms with Gasteiger partial charge in [0, 0.05) is 26.2 Å². The number of sulfonamides is 1. The van der Waals surface area contributed by atoms with Crippen molar-refractivity contribution in [1.29, 1.82) is 5.26 Å². The fourth-order valence-corrected chi connectivity index (χ4v) is 5.26. The van der Waals surface area contributed by atoms with Gasteiger partial charge in [0.15, 0.2) is 0 Å². The Hall–Kier alpha value is -2.69. The lowest BCUT2D eigenvalue weighted by atomic mass is 9.93. The van der Waals surface area contributed by atoms with Crippen molar-refractivity contribution >= 4 is 15.9 Å². The number of benzene rings is 2. The van der Waals surface area contributed by atoms with Crippen molar-refractivity contribution in [2.45, 2.75) is 30.6 Å². The minimum Gasteiger partial charge on any atom is -0.340 e. The number of nitrogens with zero attached hydrogens (tertiary/aromatic N) is 3. The molecule has 1 heterocycles. The molecule has 7 heteroatoms. The predicted molar refractivity (Wildman–Crippen MR) is 111 cm³/mol. The van der Waals surface area contributed by atoms with Gasteiger partial charge in [0.05, 0.1) is 16.4 Å². The van der Waals surface area contributed by atoms with E-state index in [2.05, 4.69) is 6.92 Å². The van der Waals surface area contributed by atoms with Crippen LogP contribution in [0, 0.1) is 11.3 Å². The fraction of sp³-hybridized carbons (Fsp3) is 0.364. The first-order chi connectivity index (χ1) is 14.0. The quantitative estimate of drug-likeness (QED) is 0.732. The second-order valence-corrected chi connectivity index (χ2v) is 9.00. The minimum atomic E-state index is -3.76. The van der Waals surface area contributed by atoms with Gasteiger partial charge in [-0.2, -0.15) is 9.57 Å². The van der Waals surface area contributed by atoms with Crippen molar-refractivity contribution in [2.24, 2.45) is 0 Å². The van der Waals surface area contributed by atoms with Crippen molar-refractivity contribution < 1.29 is 13.2 Å². The lowest BCUT2D eigenvalue weighted by Gasteiger charge is -2.36. The number of rotatable bonds is 6. The molecule has 1 fully saturated rings. The first-order valence-electron chi connectivity index (χ1n) is 9.82. The lowest BCUT2D eigenvalue weighted by Crippen LogP contribution is -2.51. The number of hydrogen-bond donors (Lipinski definition) is 0. The third kappa shape index (κ3) is 4.50. The molecule has 0 aliphatic carbocycles. The van der Waals surface area contributed by atoms with E-state index in [4.69, 9.17) is 0 Å². The fourth-order valence-electron chi connectivity index (χ4n) is 3.70. The molecule has 0 unspecified atom stereocenters. The van der Waals surface area contributed by atoms with E-state index in [1.165, 1.54) is 16.4 Å². The maximum atomic E-state index is 13.1. The minimum absolute atomic E-state index is 0.0235. The van der Waals surface area contributed by atoms with Crippen LogP contribution in [0.2, 0.25) is 0 Å². The lowest BCUT2D eigenvalue weighted by molar-refractivity contribution is -0.134. The van der Waals surface area contributed by atoms with E-state index in [0.29, 0.717) is 13.1 Å². The highest BCUT2D eigenvalue weighted by Gasteiger charge is 2.33. The van der Waals surface area contributed by atoms with Gasteiger partial charge in [-0.05, 0) is 24.1 Å². The first kappa shape index (κ1) is 21.0. The Kier molecular flexibility index (Phi) is 6.68. The molecule has 1 saturated heterocycles. The highest BCUT2D eigenvalue weighted by atomic mass is 32.2. The van der Waals surface area contributed by atoms with Crippen LogP contribution in [0.25, 0.3) is 0 Å². The molecule has 1 aliphatic rings. The molecule has 152 valence electrons. The van der Waals surface area contributed by atoms with Crippen molar-refractivity contribution in [3.8, 4) is 6.07 Å². The van der Waals surface area contributed by atoms with E-state index in [1.54, 1.807) is 17.0 Å². The predicted octanol–water partition coefficient (Wildman–Crippen LogP) is 2.98. The maximum absolute atomic E-state index is 13.1. The van der Waals surface area contributed by atoms with Crippen molar-refractivity contribution in [2.75, 3.05) is 26.2 Å². The van der Waals surface area contributed by atoms with Gasteiger partial charge < -0.3 is 4.90 Å². The van der Waals surface area contributed by atoms with Gasteiger partial charge in [-0.15, -0.1) is 0 Å². The van der Waals surface area contributed by atoms with E-state index in [9.17, 15) is 18.5 Å². The van der Waals surface area contributed by atoms with Crippen molar-refractivity contribution in [3.05, 3.63) is 65.7 Å². The summed E-state index contributed by atoms with van der Waals surface area (Å²) in [5, 5.41) is 9.23. The molecule has 1 aliphatic heterocycles. The second-order valence-electron chi connectivity index (χ2n) is 7.09. The summed E-state index contributed by atoms with van der Waals surface area (Å²) in [5.41, 5.74) is 1.13. The van der Waals surface area contributed by atoms with Gasteiger partial charge >= 0.3 is 0 Å². The summed E-state index contributed by atoms with van der Waals surface area (Å²) >= 11 is 0.